The van der Waals surface area contributed by atoms with Crippen molar-refractivity contribution in [1.82, 2.24) is 10.2 Å². The molecule has 0 aromatic carbocycles. The molecule has 1 fully saturated rings. The normalized spacial score (nSPS) is 25.3. The van der Waals surface area contributed by atoms with Gasteiger partial charge in [0.15, 0.2) is 0 Å². The fourth-order valence-corrected chi connectivity index (χ4v) is 2.53. The first-order valence-electron chi connectivity index (χ1n) is 7.36. The van der Waals surface area contributed by atoms with Gasteiger partial charge in [0.05, 0.1) is 0 Å². The minimum Gasteiger partial charge on any atom is -0.341 e. The van der Waals surface area contributed by atoms with Crippen LogP contribution in [0.5, 0.6) is 0 Å². The number of likely N-dealkylation sites (tertiary alicyclic amines) is 1. The third-order valence-corrected chi connectivity index (χ3v) is 3.69. The Balaban J connectivity index is 2.54. The van der Waals surface area contributed by atoms with E-state index in [9.17, 15) is 4.79 Å². The lowest BCUT2D eigenvalue weighted by atomic mass is 9.90. The zero-order valence-electron chi connectivity index (χ0n) is 12.8. The van der Waals surface area contributed by atoms with E-state index < -0.39 is 0 Å². The molecule has 106 valence electrons. The van der Waals surface area contributed by atoms with Gasteiger partial charge in [0.1, 0.15) is 0 Å². The molecule has 0 radical (unpaired) electrons. The fourth-order valence-electron chi connectivity index (χ4n) is 2.53. The molecule has 1 rings (SSSR count). The van der Waals surface area contributed by atoms with E-state index in [1.807, 2.05) is 6.92 Å². The first-order valence-corrected chi connectivity index (χ1v) is 7.36. The van der Waals surface area contributed by atoms with Crippen molar-refractivity contribution in [2.75, 3.05) is 19.6 Å². The number of rotatable bonds is 4. The second-order valence-corrected chi connectivity index (χ2v) is 6.80. The lowest BCUT2D eigenvalue weighted by Crippen LogP contribution is -2.52. The van der Waals surface area contributed by atoms with Crippen LogP contribution in [0.25, 0.3) is 0 Å². The number of hydrogen-bond acceptors (Lipinski definition) is 2. The van der Waals surface area contributed by atoms with Crippen molar-refractivity contribution in [2.24, 2.45) is 11.3 Å². The molecule has 0 spiro atoms. The van der Waals surface area contributed by atoms with E-state index in [-0.39, 0.29) is 0 Å². The molecule has 0 aromatic heterocycles. The van der Waals surface area contributed by atoms with E-state index in [1.54, 1.807) is 0 Å². The largest absolute Gasteiger partial charge is 0.341 e. The number of amides is 1. The average molecular weight is 254 g/mol. The molecule has 2 atom stereocenters. The van der Waals surface area contributed by atoms with Gasteiger partial charge in [-0.25, -0.2) is 0 Å². The van der Waals surface area contributed by atoms with Gasteiger partial charge < -0.3 is 10.2 Å². The monoisotopic (exact) mass is 254 g/mol. The molecule has 0 bridgehead atoms. The minimum atomic E-state index is 0.302. The number of carbonyl (C=O) groups is 1. The lowest BCUT2D eigenvalue weighted by molar-refractivity contribution is -0.133. The smallest absolute Gasteiger partial charge is 0.222 e. The van der Waals surface area contributed by atoms with Gasteiger partial charge in [0.25, 0.3) is 0 Å². The second-order valence-electron chi connectivity index (χ2n) is 6.80. The lowest BCUT2D eigenvalue weighted by Gasteiger charge is -2.39. The molecule has 1 aliphatic heterocycles. The van der Waals surface area contributed by atoms with Crippen molar-refractivity contribution in [2.45, 2.75) is 59.9 Å². The van der Waals surface area contributed by atoms with Crippen LogP contribution in [0.3, 0.4) is 0 Å². The van der Waals surface area contributed by atoms with Crippen LogP contribution in [-0.2, 0) is 4.79 Å². The summed E-state index contributed by atoms with van der Waals surface area (Å²) in [5.74, 6) is 0.961. The van der Waals surface area contributed by atoms with Crippen LogP contribution in [0.15, 0.2) is 0 Å². The van der Waals surface area contributed by atoms with Crippen LogP contribution in [0.2, 0.25) is 0 Å². The average Bonchev–Trinajstić information content (AvgIpc) is 2.34. The Labute approximate surface area is 112 Å². The maximum absolute atomic E-state index is 11.9. The topological polar surface area (TPSA) is 32.3 Å². The van der Waals surface area contributed by atoms with E-state index in [1.165, 1.54) is 12.8 Å². The highest BCUT2D eigenvalue weighted by Crippen LogP contribution is 2.21. The number of nitrogens with one attached hydrogen (secondary N) is 1. The molecule has 3 nitrogen and oxygen atoms in total. The Hall–Kier alpha value is -0.570. The first kappa shape index (κ1) is 15.5. The molecule has 1 heterocycles. The molecule has 1 N–H and O–H groups in total. The first-order chi connectivity index (χ1) is 8.35. The summed E-state index contributed by atoms with van der Waals surface area (Å²) in [6.45, 7) is 13.8. The Morgan fingerprint density at radius 3 is 2.44 bits per heavy atom. The van der Waals surface area contributed by atoms with Gasteiger partial charge in [-0.2, -0.15) is 0 Å². The molecule has 3 heteroatoms. The molecule has 2 unspecified atom stereocenters. The predicted octanol–water partition coefficient (Wildman–Crippen LogP) is 2.66. The quantitative estimate of drug-likeness (QED) is 0.836. The fraction of sp³-hybridized carbons (Fsp3) is 0.933. The zero-order valence-corrected chi connectivity index (χ0v) is 12.8. The van der Waals surface area contributed by atoms with Crippen molar-refractivity contribution >= 4 is 5.91 Å². The maximum atomic E-state index is 11.9. The Bertz CT molecular complexity index is 270. The van der Waals surface area contributed by atoms with Crippen molar-refractivity contribution in [3.05, 3.63) is 0 Å². The third kappa shape index (κ3) is 4.97. The van der Waals surface area contributed by atoms with E-state index in [2.05, 4.69) is 37.9 Å². The van der Waals surface area contributed by atoms with Gasteiger partial charge in [-0.05, 0) is 17.8 Å². The number of nitrogens with zero attached hydrogens (tertiary/aromatic N) is 1. The van der Waals surface area contributed by atoms with Gasteiger partial charge in [0.2, 0.25) is 5.91 Å². The SMILES string of the molecule is CCC(=O)N1CC(CC)CC(NCC(C)(C)C)C1. The van der Waals surface area contributed by atoms with Crippen molar-refractivity contribution in [3.8, 4) is 0 Å². The molecular formula is C15H30N2O. The Morgan fingerprint density at radius 1 is 1.28 bits per heavy atom. The van der Waals surface area contributed by atoms with Crippen molar-refractivity contribution in [1.29, 1.82) is 0 Å². The third-order valence-electron chi connectivity index (χ3n) is 3.69. The minimum absolute atomic E-state index is 0.302. The summed E-state index contributed by atoms with van der Waals surface area (Å²) in [4.78, 5) is 13.9. The van der Waals surface area contributed by atoms with Crippen molar-refractivity contribution in [3.63, 3.8) is 0 Å². The second kappa shape index (κ2) is 6.55. The van der Waals surface area contributed by atoms with Crippen LogP contribution in [0.4, 0.5) is 0 Å². The van der Waals surface area contributed by atoms with Crippen molar-refractivity contribution < 1.29 is 4.79 Å². The van der Waals surface area contributed by atoms with Gasteiger partial charge >= 0.3 is 0 Å². The summed E-state index contributed by atoms with van der Waals surface area (Å²) >= 11 is 0. The maximum Gasteiger partial charge on any atom is 0.222 e. The zero-order chi connectivity index (χ0) is 13.8. The molecule has 18 heavy (non-hydrogen) atoms. The molecule has 0 saturated carbocycles. The van der Waals surface area contributed by atoms with E-state index in [0.29, 0.717) is 29.7 Å². The van der Waals surface area contributed by atoms with E-state index >= 15 is 0 Å². The van der Waals surface area contributed by atoms with E-state index in [0.717, 1.165) is 19.6 Å². The summed E-state index contributed by atoms with van der Waals surface area (Å²) in [6, 6.07) is 0.471. The van der Waals surface area contributed by atoms with Gasteiger partial charge in [-0.1, -0.05) is 41.0 Å². The summed E-state index contributed by atoms with van der Waals surface area (Å²) in [6.07, 6.45) is 3.00. The van der Waals surface area contributed by atoms with Crippen LogP contribution < -0.4 is 5.32 Å². The molecule has 0 aromatic rings. The molecule has 1 saturated heterocycles. The van der Waals surface area contributed by atoms with Gasteiger partial charge in [0, 0.05) is 32.1 Å². The Kier molecular flexibility index (Phi) is 5.64. The van der Waals surface area contributed by atoms with Crippen LogP contribution >= 0.6 is 0 Å². The highest BCUT2D eigenvalue weighted by molar-refractivity contribution is 5.76. The summed E-state index contributed by atoms with van der Waals surface area (Å²) in [5.41, 5.74) is 0.304. The molecule has 1 amide bonds. The highest BCUT2D eigenvalue weighted by atomic mass is 16.2. The van der Waals surface area contributed by atoms with Gasteiger partial charge in [-0.3, -0.25) is 4.79 Å². The predicted molar refractivity (Wildman–Crippen MR) is 76.5 cm³/mol. The van der Waals surface area contributed by atoms with Gasteiger partial charge in [-0.15, -0.1) is 0 Å². The van der Waals surface area contributed by atoms with Crippen LogP contribution in [-0.4, -0.2) is 36.5 Å². The van der Waals surface area contributed by atoms with E-state index in [4.69, 9.17) is 0 Å². The molecule has 1 aliphatic rings. The number of carbonyl (C=O) groups excluding carboxylic acids is 1. The summed E-state index contributed by atoms with van der Waals surface area (Å²) in [7, 11) is 0. The summed E-state index contributed by atoms with van der Waals surface area (Å²) in [5, 5.41) is 3.64. The summed E-state index contributed by atoms with van der Waals surface area (Å²) < 4.78 is 0. The standard InChI is InChI=1S/C15H30N2O/c1-6-12-8-13(16-11-15(3,4)5)10-17(9-12)14(18)7-2/h12-13,16H,6-11H2,1-5H3. The molecule has 0 aliphatic carbocycles. The Morgan fingerprint density at radius 2 is 1.94 bits per heavy atom. The van der Waals surface area contributed by atoms with Crippen LogP contribution in [0.1, 0.15) is 53.9 Å². The number of hydrogen-bond donors (Lipinski definition) is 1. The number of piperidine rings is 1. The van der Waals surface area contributed by atoms with Crippen LogP contribution in [0, 0.1) is 11.3 Å². The highest BCUT2D eigenvalue weighted by Gasteiger charge is 2.28. The molecular weight excluding hydrogens is 224 g/mol.